The molecule has 84 valence electrons. The van der Waals surface area contributed by atoms with Gasteiger partial charge in [-0.25, -0.2) is 0 Å². The maximum atomic E-state index is 11.3. The summed E-state index contributed by atoms with van der Waals surface area (Å²) >= 11 is 6.87. The van der Waals surface area contributed by atoms with Gasteiger partial charge in [-0.15, -0.1) is 0 Å². The number of amides is 2. The first-order valence-corrected chi connectivity index (χ1v) is 5.62. The quantitative estimate of drug-likeness (QED) is 0.778. The molecule has 1 aromatic heterocycles. The topological polar surface area (TPSA) is 64.0 Å². The van der Waals surface area contributed by atoms with E-state index in [9.17, 15) is 9.59 Å². The van der Waals surface area contributed by atoms with Crippen molar-refractivity contribution < 1.29 is 9.59 Å². The van der Waals surface area contributed by atoms with Crippen LogP contribution in [0.4, 0.5) is 4.79 Å². The van der Waals surface area contributed by atoms with Crippen molar-refractivity contribution >= 4 is 40.6 Å². The van der Waals surface area contributed by atoms with Gasteiger partial charge in [-0.05, 0) is 24.8 Å². The van der Waals surface area contributed by atoms with Crippen LogP contribution in [0.3, 0.4) is 0 Å². The van der Waals surface area contributed by atoms with Crippen LogP contribution in [0.2, 0.25) is 5.15 Å². The number of carbonyl (C=O) groups excluding carboxylic acids is 2. The number of carbonyl (C=O) groups is 2. The van der Waals surface area contributed by atoms with Crippen molar-refractivity contribution in [1.29, 1.82) is 0 Å². The SMILES string of the molecule is Cc1nn(C)c(Cl)c1C=C1SC(=O)NC1=O. The summed E-state index contributed by atoms with van der Waals surface area (Å²) in [4.78, 5) is 22.6. The Morgan fingerprint density at radius 1 is 1.50 bits per heavy atom. The van der Waals surface area contributed by atoms with Crippen molar-refractivity contribution in [2.45, 2.75) is 6.92 Å². The largest absolute Gasteiger partial charge is 0.290 e. The molecule has 1 N–H and O–H groups in total. The normalized spacial score (nSPS) is 18.3. The first-order valence-electron chi connectivity index (χ1n) is 4.43. The first-order chi connectivity index (χ1) is 7.49. The standard InChI is InChI=1S/C9H8ClN3O2S/c1-4-5(7(10)13(2)12-4)3-6-8(14)11-9(15)16-6/h3H,1-2H3,(H,11,14,15). The zero-order valence-corrected chi connectivity index (χ0v) is 10.1. The lowest BCUT2D eigenvalue weighted by atomic mass is 10.2. The van der Waals surface area contributed by atoms with Gasteiger partial charge in [0.1, 0.15) is 5.15 Å². The van der Waals surface area contributed by atoms with Gasteiger partial charge >= 0.3 is 0 Å². The van der Waals surface area contributed by atoms with Crippen LogP contribution >= 0.6 is 23.4 Å². The number of imide groups is 1. The molecule has 0 spiro atoms. The minimum absolute atomic E-state index is 0.336. The Morgan fingerprint density at radius 2 is 2.19 bits per heavy atom. The molecule has 2 rings (SSSR count). The molecule has 0 unspecified atom stereocenters. The van der Waals surface area contributed by atoms with Crippen molar-refractivity contribution in [2.24, 2.45) is 7.05 Å². The van der Waals surface area contributed by atoms with E-state index in [2.05, 4.69) is 10.4 Å². The lowest BCUT2D eigenvalue weighted by molar-refractivity contribution is -0.115. The highest BCUT2D eigenvalue weighted by atomic mass is 35.5. The van der Waals surface area contributed by atoms with Crippen LogP contribution in [-0.4, -0.2) is 20.9 Å². The van der Waals surface area contributed by atoms with Crippen molar-refractivity contribution in [1.82, 2.24) is 15.1 Å². The van der Waals surface area contributed by atoms with Crippen LogP contribution in [0.1, 0.15) is 11.3 Å². The molecule has 1 fully saturated rings. The number of thioether (sulfide) groups is 1. The molecule has 1 aliphatic rings. The fourth-order valence-electron chi connectivity index (χ4n) is 1.36. The number of hydrogen-bond acceptors (Lipinski definition) is 4. The molecular formula is C9H8ClN3O2S. The van der Waals surface area contributed by atoms with Crippen LogP contribution < -0.4 is 5.32 Å². The number of aryl methyl sites for hydroxylation is 2. The molecule has 1 aromatic rings. The average molecular weight is 258 g/mol. The van der Waals surface area contributed by atoms with Crippen LogP contribution in [0.5, 0.6) is 0 Å². The van der Waals surface area contributed by atoms with Crippen LogP contribution in [0.15, 0.2) is 4.91 Å². The fourth-order valence-corrected chi connectivity index (χ4v) is 2.26. The molecule has 2 amide bonds. The summed E-state index contributed by atoms with van der Waals surface area (Å²) in [5.74, 6) is -0.394. The Hall–Kier alpha value is -1.27. The molecule has 0 bridgehead atoms. The van der Waals surface area contributed by atoms with Gasteiger partial charge < -0.3 is 0 Å². The average Bonchev–Trinajstić information content (AvgIpc) is 2.62. The number of rotatable bonds is 1. The number of halogens is 1. The highest BCUT2D eigenvalue weighted by Gasteiger charge is 2.26. The molecule has 1 aliphatic heterocycles. The summed E-state index contributed by atoms with van der Waals surface area (Å²) in [5, 5.41) is 6.37. The van der Waals surface area contributed by atoms with Gasteiger partial charge in [-0.1, -0.05) is 11.6 Å². The summed E-state index contributed by atoms with van der Waals surface area (Å²) in [5.41, 5.74) is 1.38. The van der Waals surface area contributed by atoms with Gasteiger partial charge in [0.25, 0.3) is 11.1 Å². The molecule has 0 saturated carbocycles. The Bertz CT molecular complexity index is 521. The van der Waals surface area contributed by atoms with E-state index in [0.717, 1.165) is 11.8 Å². The Morgan fingerprint density at radius 3 is 2.62 bits per heavy atom. The van der Waals surface area contributed by atoms with Gasteiger partial charge in [0, 0.05) is 12.6 Å². The van der Waals surface area contributed by atoms with E-state index in [1.54, 1.807) is 20.0 Å². The third-order valence-corrected chi connectivity index (χ3v) is 3.37. The smallest absolute Gasteiger partial charge is 0.282 e. The van der Waals surface area contributed by atoms with Gasteiger partial charge in [0.05, 0.1) is 10.6 Å². The molecular weight excluding hydrogens is 250 g/mol. The minimum atomic E-state index is -0.394. The predicted octanol–water partition coefficient (Wildman–Crippen LogP) is 1.71. The van der Waals surface area contributed by atoms with E-state index in [-0.39, 0.29) is 5.24 Å². The van der Waals surface area contributed by atoms with E-state index >= 15 is 0 Å². The second-order valence-electron chi connectivity index (χ2n) is 3.27. The molecule has 2 heterocycles. The molecule has 0 atom stereocenters. The predicted molar refractivity (Wildman–Crippen MR) is 62.1 cm³/mol. The molecule has 16 heavy (non-hydrogen) atoms. The summed E-state index contributed by atoms with van der Waals surface area (Å²) in [7, 11) is 1.71. The van der Waals surface area contributed by atoms with Crippen molar-refractivity contribution in [2.75, 3.05) is 0 Å². The van der Waals surface area contributed by atoms with Gasteiger partial charge in [-0.3, -0.25) is 19.6 Å². The Kier molecular flexibility index (Phi) is 2.77. The van der Waals surface area contributed by atoms with E-state index in [4.69, 9.17) is 11.6 Å². The molecule has 1 saturated heterocycles. The minimum Gasteiger partial charge on any atom is -0.282 e. The zero-order valence-electron chi connectivity index (χ0n) is 8.57. The summed E-state index contributed by atoms with van der Waals surface area (Å²) in [6, 6.07) is 0. The van der Waals surface area contributed by atoms with E-state index < -0.39 is 5.91 Å². The van der Waals surface area contributed by atoms with Gasteiger partial charge in [0.15, 0.2) is 0 Å². The Balaban J connectivity index is 2.43. The highest BCUT2D eigenvalue weighted by molar-refractivity contribution is 8.18. The molecule has 7 heteroatoms. The third-order valence-electron chi connectivity index (χ3n) is 2.11. The number of hydrogen-bond donors (Lipinski definition) is 1. The summed E-state index contributed by atoms with van der Waals surface area (Å²) < 4.78 is 1.52. The second kappa shape index (κ2) is 3.95. The third kappa shape index (κ3) is 1.85. The highest BCUT2D eigenvalue weighted by Crippen LogP contribution is 2.29. The monoisotopic (exact) mass is 257 g/mol. The number of nitrogens with one attached hydrogen (secondary N) is 1. The molecule has 5 nitrogen and oxygen atoms in total. The van der Waals surface area contributed by atoms with Gasteiger partial charge in [0.2, 0.25) is 0 Å². The second-order valence-corrected chi connectivity index (χ2v) is 4.64. The fraction of sp³-hybridized carbons (Fsp3) is 0.222. The van der Waals surface area contributed by atoms with Crippen molar-refractivity contribution in [3.8, 4) is 0 Å². The first kappa shape index (κ1) is 11.2. The van der Waals surface area contributed by atoms with Crippen molar-refractivity contribution in [3.63, 3.8) is 0 Å². The van der Waals surface area contributed by atoms with Gasteiger partial charge in [-0.2, -0.15) is 5.10 Å². The lowest BCUT2D eigenvalue weighted by Crippen LogP contribution is -2.17. The van der Waals surface area contributed by atoms with E-state index in [1.807, 2.05) is 0 Å². The number of nitrogens with zero attached hydrogens (tertiary/aromatic N) is 2. The Labute approximate surface area is 101 Å². The summed E-state index contributed by atoms with van der Waals surface area (Å²) in [6.45, 7) is 1.79. The molecule has 0 aliphatic carbocycles. The zero-order chi connectivity index (χ0) is 11.9. The van der Waals surface area contributed by atoms with Crippen LogP contribution in [0.25, 0.3) is 6.08 Å². The number of aromatic nitrogens is 2. The maximum Gasteiger partial charge on any atom is 0.290 e. The molecule has 0 aromatic carbocycles. The molecule has 0 radical (unpaired) electrons. The van der Waals surface area contributed by atoms with Crippen molar-refractivity contribution in [3.05, 3.63) is 21.3 Å². The van der Waals surface area contributed by atoms with E-state index in [0.29, 0.717) is 21.3 Å². The maximum absolute atomic E-state index is 11.3. The lowest BCUT2D eigenvalue weighted by Gasteiger charge is -1.93. The summed E-state index contributed by atoms with van der Waals surface area (Å²) in [6.07, 6.45) is 1.58. The van der Waals surface area contributed by atoms with Crippen LogP contribution in [-0.2, 0) is 11.8 Å². The van der Waals surface area contributed by atoms with Crippen LogP contribution in [0, 0.1) is 6.92 Å². The van der Waals surface area contributed by atoms with E-state index in [1.165, 1.54) is 4.68 Å².